The van der Waals surface area contributed by atoms with Crippen LogP contribution in [0.5, 0.6) is 11.5 Å². The van der Waals surface area contributed by atoms with Crippen molar-refractivity contribution in [3.63, 3.8) is 0 Å². The van der Waals surface area contributed by atoms with Crippen LogP contribution < -0.4 is 53.3 Å². The predicted octanol–water partition coefficient (Wildman–Crippen LogP) is 11.0. The third-order valence-corrected chi connectivity index (χ3v) is 23.3. The van der Waals surface area contributed by atoms with Gasteiger partial charge in [0, 0.05) is 53.7 Å². The maximum atomic E-state index is 13.1. The summed E-state index contributed by atoms with van der Waals surface area (Å²) in [5.74, 6) is -5.36. The standard InChI is InChI=1S/C22H18N4O2S.C22H19N3O6.C21H19N3O4.C20H16N4O2S.C19H17N5O3/c27-14-19(11-16-7-3-1-4-8-16)25-22(28)20-21(23-15-29-20)26-13-18(12-24-26)17-9-5-2-6-10-17;1-12-18(20(31-25-12)14-7-8-16-17(10-14)30-11-29-16)22(28)24-15(19(26)21(23)27)9-13-5-3-2-4-6-13;1-13-17(19(28-24-13)15-10-6-3-7-11-15)21(27)23-16(18(25)20(22)26)12-14-8-4-2-5-9-14;25-12-16(10-14-6-2-1-3-7-14)23-20(26)18-19(21-13-27-18)24-17-9-5-4-8-15(17)11-22-24;20-18(26)17(25)14(10-13-6-2-1-3-7-13)23-19(27)15-11-21-12-24(15)16-8-4-5-9-22-16/h1-10,12-15,19H,11H2,(H,25,28);2-8,10,15H,9,11H2,1H3,(H2,23,27)(H,24,28);2-11,16H,12H2,1H3,(H2,22,26)(H,23,27);1-9,11-13,16H,10H2,(H,23,26);1-9,11-12,14H,10H2,(H2,20,26)(H,23,27). The first-order chi connectivity index (χ1) is 69.0. The zero-order chi connectivity index (χ0) is 100.0. The van der Waals surface area contributed by atoms with Crippen LogP contribution in [0.3, 0.4) is 0 Å². The Balaban J connectivity index is 0.000000141. The van der Waals surface area contributed by atoms with Crippen LogP contribution in [0, 0.1) is 13.8 Å². The second kappa shape index (κ2) is 48.2. The Bertz CT molecular complexity index is 7310. The monoisotopic (exact) mass is 1940 g/mol. The molecule has 18 rings (SSSR count). The van der Waals surface area contributed by atoms with Gasteiger partial charge in [-0.2, -0.15) is 10.2 Å². The highest BCUT2D eigenvalue weighted by atomic mass is 32.1. The molecule has 8 amide bonds. The molecule has 0 bridgehead atoms. The summed E-state index contributed by atoms with van der Waals surface area (Å²) in [5.41, 5.74) is 28.3. The second-order valence-corrected chi connectivity index (χ2v) is 33.2. The van der Waals surface area contributed by atoms with E-state index in [1.807, 2.05) is 158 Å². The smallest absolute Gasteiger partial charge is 0.287 e. The number of carbonyl (C=O) groups is 13. The van der Waals surface area contributed by atoms with Gasteiger partial charge >= 0.3 is 0 Å². The zero-order valence-electron chi connectivity index (χ0n) is 75.8. The quantitative estimate of drug-likeness (QED) is 0.0137. The van der Waals surface area contributed by atoms with E-state index in [9.17, 15) is 62.3 Å². The first-order valence-corrected chi connectivity index (χ1v) is 45.6. The number of benzene rings is 9. The molecule has 9 aromatic carbocycles. The van der Waals surface area contributed by atoms with Crippen LogP contribution in [0.2, 0.25) is 0 Å². The minimum absolute atomic E-state index is 0.109. The van der Waals surface area contributed by atoms with Gasteiger partial charge in [-0.25, -0.2) is 29.3 Å². The van der Waals surface area contributed by atoms with Gasteiger partial charge in [0.1, 0.15) is 69.4 Å². The maximum absolute atomic E-state index is 13.1. The maximum Gasteiger partial charge on any atom is 0.287 e. The molecule has 0 aliphatic carbocycles. The van der Waals surface area contributed by atoms with Crippen LogP contribution in [0.1, 0.15) is 89.8 Å². The summed E-state index contributed by atoms with van der Waals surface area (Å²) in [5, 5.41) is 30.8. The number of pyridine rings is 1. The number of hydrogen-bond donors (Lipinski definition) is 8. The number of ketones is 3. The number of nitrogens with two attached hydrogens (primary N) is 3. The Labute approximate surface area is 817 Å². The lowest BCUT2D eigenvalue weighted by Crippen LogP contribution is -2.47. The molecule has 5 atom stereocenters. The van der Waals surface area contributed by atoms with Crippen molar-refractivity contribution in [2.24, 2.45) is 17.2 Å². The molecular formula is C104H89N19O17S2. The van der Waals surface area contributed by atoms with E-state index < -0.39 is 83.0 Å². The molecule has 5 unspecified atom stereocenters. The fraction of sp³-hybridized carbons (Fsp3) is 0.125. The molecule has 0 saturated carbocycles. The van der Waals surface area contributed by atoms with E-state index in [0.717, 1.165) is 62.4 Å². The fourth-order valence-corrected chi connectivity index (χ4v) is 16.1. The molecule has 714 valence electrons. The van der Waals surface area contributed by atoms with Gasteiger partial charge in [0.15, 0.2) is 34.7 Å². The molecule has 0 spiro atoms. The van der Waals surface area contributed by atoms with E-state index in [-0.39, 0.29) is 60.5 Å². The molecule has 0 saturated heterocycles. The van der Waals surface area contributed by atoms with E-state index in [1.54, 1.807) is 174 Å². The Morgan fingerprint density at radius 3 is 1.30 bits per heavy atom. The number of Topliss-reactive ketones (excluding diaryl/α,β-unsaturated/α-hetero) is 3. The summed E-state index contributed by atoms with van der Waals surface area (Å²) < 4.78 is 26.1. The van der Waals surface area contributed by atoms with E-state index in [4.69, 9.17) is 35.7 Å². The topological polar surface area (TPSA) is 523 Å². The molecule has 17 aromatic rings. The molecule has 1 aliphatic rings. The van der Waals surface area contributed by atoms with Crippen LogP contribution in [0.25, 0.3) is 62.1 Å². The van der Waals surface area contributed by atoms with Crippen molar-refractivity contribution < 1.29 is 80.8 Å². The molecule has 9 heterocycles. The molecule has 0 radical (unpaired) electrons. The number of carbonyl (C=O) groups excluding carboxylic acids is 13. The number of hydrogen-bond acceptors (Lipinski definition) is 27. The average molecular weight is 1940 g/mol. The molecular weight excluding hydrogens is 1850 g/mol. The number of aromatic nitrogens is 11. The third-order valence-electron chi connectivity index (χ3n) is 21.7. The van der Waals surface area contributed by atoms with Gasteiger partial charge in [-0.15, -0.1) is 22.7 Å². The fourth-order valence-electron chi connectivity index (χ4n) is 14.8. The number of fused-ring (bicyclic) bond motifs is 2. The molecule has 1 aliphatic heterocycles. The summed E-state index contributed by atoms with van der Waals surface area (Å²) in [6, 6.07) is 78.6. The molecule has 8 aromatic heterocycles. The predicted molar refractivity (Wildman–Crippen MR) is 524 cm³/mol. The van der Waals surface area contributed by atoms with Gasteiger partial charge in [0.05, 0.1) is 58.6 Å². The number of para-hydroxylation sites is 1. The molecule has 142 heavy (non-hydrogen) atoms. The minimum atomic E-state index is -1.13. The van der Waals surface area contributed by atoms with Crippen molar-refractivity contribution in [3.8, 4) is 62.7 Å². The number of aryl methyl sites for hydroxylation is 2. The van der Waals surface area contributed by atoms with Crippen LogP contribution in [0.15, 0.2) is 330 Å². The van der Waals surface area contributed by atoms with Crippen LogP contribution in [-0.2, 0) is 70.5 Å². The Kier molecular flexibility index (Phi) is 33.8. The first-order valence-electron chi connectivity index (χ1n) is 43.8. The number of rotatable bonds is 34. The number of nitrogens with one attached hydrogen (secondary N) is 5. The van der Waals surface area contributed by atoms with E-state index in [1.165, 1.54) is 39.8 Å². The Morgan fingerprint density at radius 1 is 0.408 bits per heavy atom. The number of ether oxygens (including phenoxy) is 2. The molecule has 38 heteroatoms. The lowest BCUT2D eigenvalue weighted by atomic mass is 10.0. The van der Waals surface area contributed by atoms with Crippen molar-refractivity contribution in [2.45, 2.75) is 76.2 Å². The van der Waals surface area contributed by atoms with Gasteiger partial charge in [0.2, 0.25) is 24.1 Å². The normalized spacial score (nSPS) is 12.0. The minimum Gasteiger partial charge on any atom is -0.454 e. The Hall–Kier alpha value is -18.6. The van der Waals surface area contributed by atoms with E-state index in [2.05, 4.69) is 67.0 Å². The van der Waals surface area contributed by atoms with Crippen molar-refractivity contribution in [1.82, 2.24) is 81.0 Å². The van der Waals surface area contributed by atoms with Crippen LogP contribution in [0.4, 0.5) is 0 Å². The van der Waals surface area contributed by atoms with E-state index in [0.29, 0.717) is 79.8 Å². The van der Waals surface area contributed by atoms with E-state index >= 15 is 0 Å². The molecule has 11 N–H and O–H groups in total. The van der Waals surface area contributed by atoms with Gasteiger partial charge in [-0.3, -0.25) is 57.3 Å². The average Bonchev–Trinajstić information content (AvgIpc) is 1.65. The second-order valence-electron chi connectivity index (χ2n) is 31.5. The number of primary amides is 3. The zero-order valence-corrected chi connectivity index (χ0v) is 77.4. The van der Waals surface area contributed by atoms with Gasteiger partial charge in [-0.05, 0) is 96.5 Å². The first kappa shape index (κ1) is 99.4. The third kappa shape index (κ3) is 25.8. The van der Waals surface area contributed by atoms with Gasteiger partial charge in [-0.1, -0.05) is 247 Å². The van der Waals surface area contributed by atoms with Crippen LogP contribution >= 0.6 is 22.7 Å². The van der Waals surface area contributed by atoms with Gasteiger partial charge < -0.3 is 71.9 Å². The molecule has 36 nitrogen and oxygen atoms in total. The Morgan fingerprint density at radius 2 is 0.831 bits per heavy atom. The highest BCUT2D eigenvalue weighted by Crippen LogP contribution is 2.38. The highest BCUT2D eigenvalue weighted by molar-refractivity contribution is 7.12. The number of aldehydes is 2. The van der Waals surface area contributed by atoms with Gasteiger partial charge in [0.25, 0.3) is 47.3 Å². The summed E-state index contributed by atoms with van der Waals surface area (Å²) in [6.45, 7) is 3.35. The van der Waals surface area contributed by atoms with Crippen molar-refractivity contribution >= 4 is 111 Å². The van der Waals surface area contributed by atoms with Crippen molar-refractivity contribution in [1.29, 1.82) is 0 Å². The summed E-state index contributed by atoms with van der Waals surface area (Å²) in [7, 11) is 0. The lowest BCUT2D eigenvalue weighted by molar-refractivity contribution is -0.137. The number of amides is 8. The largest absolute Gasteiger partial charge is 0.454 e. The lowest BCUT2D eigenvalue weighted by Gasteiger charge is -2.17. The van der Waals surface area contributed by atoms with Crippen molar-refractivity contribution in [2.75, 3.05) is 6.79 Å². The van der Waals surface area contributed by atoms with Crippen LogP contribution in [-0.4, -0.2) is 169 Å². The summed E-state index contributed by atoms with van der Waals surface area (Å²) in [6.07, 6.45) is 12.5. The molecule has 0 fully saturated rings. The highest BCUT2D eigenvalue weighted by Gasteiger charge is 2.34. The number of thiazole rings is 2. The van der Waals surface area contributed by atoms with Crippen molar-refractivity contribution in [3.05, 3.63) is 387 Å². The summed E-state index contributed by atoms with van der Waals surface area (Å²) >= 11 is 2.44. The number of nitrogens with zero attached hydrogens (tertiary/aromatic N) is 11. The SMILES string of the molecule is Cc1noc(-c2ccc3c(c2)OCO3)c1C(=O)NC(Cc1ccccc1)C(=O)C(N)=O.Cc1noc(-c2ccccc2)c1C(=O)NC(Cc1ccccc1)C(=O)C(N)=O.NC(=O)C(=O)C(Cc1ccccc1)NC(=O)c1cncn1-c1ccccn1.O=CC(Cc1ccccc1)NC(=O)c1scnc1-n1cc(-c2ccccc2)cn1.O=CC(Cc1ccccc1)NC(=O)c1scnc1-n1ncc2ccccc21. The summed E-state index contributed by atoms with van der Waals surface area (Å²) in [4.78, 5) is 176. The number of imidazole rings is 1.